The van der Waals surface area contributed by atoms with Crippen molar-refractivity contribution in [2.24, 2.45) is 0 Å². The van der Waals surface area contributed by atoms with Gasteiger partial charge < -0.3 is 9.47 Å². The third-order valence-corrected chi connectivity index (χ3v) is 2.11. The van der Waals surface area contributed by atoms with Crippen molar-refractivity contribution in [3.8, 4) is 0 Å². The van der Waals surface area contributed by atoms with Crippen LogP contribution in [0.15, 0.2) is 0 Å². The van der Waals surface area contributed by atoms with Crippen molar-refractivity contribution < 1.29 is 19.1 Å². The van der Waals surface area contributed by atoms with Crippen LogP contribution in [0.2, 0.25) is 0 Å². The highest BCUT2D eigenvalue weighted by atomic mass is 16.6. The highest BCUT2D eigenvalue weighted by Gasteiger charge is 2.07. The number of unbranched alkanes of at least 4 members (excludes halogenated alkanes) is 1. The van der Waals surface area contributed by atoms with Gasteiger partial charge in [0.05, 0.1) is 13.0 Å². The van der Waals surface area contributed by atoms with Crippen molar-refractivity contribution in [2.45, 2.75) is 46.0 Å². The Labute approximate surface area is 97.3 Å². The van der Waals surface area contributed by atoms with Gasteiger partial charge in [-0.1, -0.05) is 13.3 Å². The van der Waals surface area contributed by atoms with Crippen LogP contribution in [0, 0.1) is 0 Å². The Morgan fingerprint density at radius 1 is 1.00 bits per heavy atom. The predicted molar refractivity (Wildman–Crippen MR) is 61.2 cm³/mol. The van der Waals surface area contributed by atoms with Gasteiger partial charge in [0, 0.05) is 19.4 Å². The van der Waals surface area contributed by atoms with Gasteiger partial charge in [-0.25, -0.2) is 0 Å². The zero-order valence-electron chi connectivity index (χ0n) is 10.3. The molecule has 0 heterocycles. The predicted octanol–water partition coefficient (Wildman–Crippen LogP) is 2.11. The number of carbonyl (C=O) groups is 2. The molecule has 0 amide bonds. The molecule has 0 unspecified atom stereocenters. The van der Waals surface area contributed by atoms with Gasteiger partial charge in [-0.15, -0.1) is 0 Å². The van der Waals surface area contributed by atoms with Gasteiger partial charge in [0.2, 0.25) is 0 Å². The summed E-state index contributed by atoms with van der Waals surface area (Å²) < 4.78 is 9.90. The maximum atomic E-state index is 11.3. The summed E-state index contributed by atoms with van der Waals surface area (Å²) in [5, 5.41) is 0. The van der Waals surface area contributed by atoms with Crippen molar-refractivity contribution in [1.82, 2.24) is 0 Å². The number of hydrogen-bond acceptors (Lipinski definition) is 4. The molecule has 0 spiro atoms. The molecule has 0 saturated heterocycles. The van der Waals surface area contributed by atoms with Gasteiger partial charge >= 0.3 is 5.97 Å². The second kappa shape index (κ2) is 10.6. The van der Waals surface area contributed by atoms with Crippen LogP contribution in [0.25, 0.3) is 0 Å². The Kier molecular flexibility index (Phi) is 10.0. The summed E-state index contributed by atoms with van der Waals surface area (Å²) in [4.78, 5) is 22.4. The Morgan fingerprint density at radius 2 is 1.75 bits per heavy atom. The number of ether oxygens (including phenoxy) is 2. The summed E-state index contributed by atoms with van der Waals surface area (Å²) in [6, 6.07) is 0. The molecule has 94 valence electrons. The molecule has 0 radical (unpaired) electrons. The van der Waals surface area contributed by atoms with E-state index in [1.54, 1.807) is 0 Å². The minimum absolute atomic E-state index is 0.142. The van der Waals surface area contributed by atoms with Crippen LogP contribution in [0.4, 0.5) is 0 Å². The topological polar surface area (TPSA) is 52.6 Å². The van der Waals surface area contributed by atoms with Crippen molar-refractivity contribution in [2.75, 3.05) is 19.8 Å². The number of ketones is 1. The third-order valence-electron chi connectivity index (χ3n) is 2.11. The summed E-state index contributed by atoms with van der Waals surface area (Å²) in [5.41, 5.74) is 0. The Morgan fingerprint density at radius 3 is 2.38 bits per heavy atom. The zero-order valence-corrected chi connectivity index (χ0v) is 10.3. The first-order valence-corrected chi connectivity index (χ1v) is 5.95. The standard InChI is InChI=1S/C12H22O4/c1-3-5-6-11(13)7-8-12(14)16-10-9-15-4-2/h3-10H2,1-2H3. The maximum absolute atomic E-state index is 11.3. The third kappa shape index (κ3) is 9.65. The Bertz CT molecular complexity index is 201. The molecule has 0 fully saturated rings. The van der Waals surface area contributed by atoms with E-state index in [9.17, 15) is 9.59 Å². The molecular formula is C12H22O4. The van der Waals surface area contributed by atoms with Gasteiger partial charge in [-0.2, -0.15) is 0 Å². The van der Waals surface area contributed by atoms with Gasteiger partial charge in [0.1, 0.15) is 12.4 Å². The SMILES string of the molecule is CCCCC(=O)CCC(=O)OCCOCC. The van der Waals surface area contributed by atoms with Crippen molar-refractivity contribution in [3.63, 3.8) is 0 Å². The lowest BCUT2D eigenvalue weighted by Gasteiger charge is -2.04. The average molecular weight is 230 g/mol. The number of hydrogen-bond donors (Lipinski definition) is 0. The lowest BCUT2D eigenvalue weighted by molar-refractivity contribution is -0.146. The number of rotatable bonds is 10. The van der Waals surface area contributed by atoms with Crippen LogP contribution in [0.5, 0.6) is 0 Å². The Balaban J connectivity index is 3.38. The molecule has 4 nitrogen and oxygen atoms in total. The average Bonchev–Trinajstić information content (AvgIpc) is 2.29. The highest BCUT2D eigenvalue weighted by molar-refractivity contribution is 5.82. The van der Waals surface area contributed by atoms with Crippen LogP contribution >= 0.6 is 0 Å². The summed E-state index contributed by atoms with van der Waals surface area (Å²) in [6.45, 7) is 5.23. The van der Waals surface area contributed by atoms with Crippen molar-refractivity contribution in [1.29, 1.82) is 0 Å². The molecule has 0 saturated carbocycles. The van der Waals surface area contributed by atoms with Crippen molar-refractivity contribution >= 4 is 11.8 Å². The van der Waals surface area contributed by atoms with E-state index < -0.39 is 0 Å². The van der Waals surface area contributed by atoms with Crippen LogP contribution in [-0.2, 0) is 19.1 Å². The first kappa shape index (κ1) is 15.1. The molecule has 4 heteroatoms. The molecule has 0 bridgehead atoms. The van der Waals surface area contributed by atoms with Crippen LogP contribution in [-0.4, -0.2) is 31.6 Å². The summed E-state index contributed by atoms with van der Waals surface area (Å²) >= 11 is 0. The van der Waals surface area contributed by atoms with Crippen molar-refractivity contribution in [3.05, 3.63) is 0 Å². The molecule has 0 aromatic heterocycles. The van der Waals surface area contributed by atoms with E-state index in [2.05, 4.69) is 0 Å². The second-order valence-electron chi connectivity index (χ2n) is 3.56. The molecule has 16 heavy (non-hydrogen) atoms. The van der Waals surface area contributed by atoms with Crippen LogP contribution in [0.3, 0.4) is 0 Å². The summed E-state index contributed by atoms with van der Waals surface area (Å²) in [7, 11) is 0. The molecule has 0 N–H and O–H groups in total. The molecule has 0 rings (SSSR count). The highest BCUT2D eigenvalue weighted by Crippen LogP contribution is 2.02. The van der Waals surface area contributed by atoms with E-state index >= 15 is 0 Å². The van der Waals surface area contributed by atoms with E-state index in [1.807, 2.05) is 13.8 Å². The number of carbonyl (C=O) groups excluding carboxylic acids is 2. The van der Waals surface area contributed by atoms with Gasteiger partial charge in [-0.3, -0.25) is 9.59 Å². The van der Waals surface area contributed by atoms with E-state index in [4.69, 9.17) is 9.47 Å². The van der Waals surface area contributed by atoms with Gasteiger partial charge in [0.15, 0.2) is 0 Å². The quantitative estimate of drug-likeness (QED) is 0.426. The first-order chi connectivity index (χ1) is 7.70. The smallest absolute Gasteiger partial charge is 0.306 e. The van der Waals surface area contributed by atoms with Crippen LogP contribution < -0.4 is 0 Å². The van der Waals surface area contributed by atoms with E-state index in [0.717, 1.165) is 12.8 Å². The number of esters is 1. The monoisotopic (exact) mass is 230 g/mol. The molecule has 0 atom stereocenters. The molecular weight excluding hydrogens is 208 g/mol. The molecule has 0 aliphatic heterocycles. The van der Waals surface area contributed by atoms with Gasteiger partial charge in [0.25, 0.3) is 0 Å². The molecule has 0 aliphatic rings. The largest absolute Gasteiger partial charge is 0.463 e. The minimum Gasteiger partial charge on any atom is -0.463 e. The summed E-state index contributed by atoms with van der Waals surface area (Å²) in [5.74, 6) is -0.173. The van der Waals surface area contributed by atoms with E-state index in [-0.39, 0.29) is 24.8 Å². The van der Waals surface area contributed by atoms with E-state index in [0.29, 0.717) is 26.1 Å². The molecule has 0 aromatic carbocycles. The summed E-state index contributed by atoms with van der Waals surface area (Å²) in [6.07, 6.45) is 2.97. The van der Waals surface area contributed by atoms with Crippen LogP contribution in [0.1, 0.15) is 46.0 Å². The molecule has 0 aliphatic carbocycles. The van der Waals surface area contributed by atoms with E-state index in [1.165, 1.54) is 0 Å². The zero-order chi connectivity index (χ0) is 12.2. The van der Waals surface area contributed by atoms with Gasteiger partial charge in [-0.05, 0) is 13.3 Å². The minimum atomic E-state index is -0.315. The lowest BCUT2D eigenvalue weighted by Crippen LogP contribution is -2.12. The fraction of sp³-hybridized carbons (Fsp3) is 0.833. The fourth-order valence-electron chi connectivity index (χ4n) is 1.17. The Hall–Kier alpha value is -0.900. The first-order valence-electron chi connectivity index (χ1n) is 5.95. The maximum Gasteiger partial charge on any atom is 0.306 e. The normalized spacial score (nSPS) is 10.1. The molecule has 0 aromatic rings. The fourth-order valence-corrected chi connectivity index (χ4v) is 1.17. The number of Topliss-reactive ketones (excluding diaryl/α,β-unsaturated/α-hetero) is 1. The lowest BCUT2D eigenvalue weighted by atomic mass is 10.1. The second-order valence-corrected chi connectivity index (χ2v) is 3.56.